The van der Waals surface area contributed by atoms with Gasteiger partial charge in [0.1, 0.15) is 5.82 Å². The normalized spacial score (nSPS) is 28.8. The summed E-state index contributed by atoms with van der Waals surface area (Å²) in [7, 11) is 0. The Balaban J connectivity index is 2.08. The van der Waals surface area contributed by atoms with Crippen molar-refractivity contribution in [2.24, 2.45) is 0 Å². The van der Waals surface area contributed by atoms with Gasteiger partial charge < -0.3 is 10.2 Å². The molecule has 1 aromatic rings. The van der Waals surface area contributed by atoms with Crippen LogP contribution in [-0.2, 0) is 6.42 Å². The third-order valence-corrected chi connectivity index (χ3v) is 3.47. The van der Waals surface area contributed by atoms with Gasteiger partial charge in [0.05, 0.1) is 5.69 Å². The van der Waals surface area contributed by atoms with Crippen LogP contribution in [-0.4, -0.2) is 25.2 Å². The van der Waals surface area contributed by atoms with Crippen molar-refractivity contribution in [3.05, 3.63) is 29.6 Å². The van der Waals surface area contributed by atoms with Gasteiger partial charge in [-0.15, -0.1) is 0 Å². The van der Waals surface area contributed by atoms with Crippen LogP contribution in [0.3, 0.4) is 0 Å². The molecule has 1 saturated heterocycles. The highest BCUT2D eigenvalue weighted by Gasteiger charge is 2.36. The molecule has 2 nitrogen and oxygen atoms in total. The van der Waals surface area contributed by atoms with Gasteiger partial charge in [-0.25, -0.2) is 4.39 Å². The Bertz CT molecular complexity index is 391. The zero-order chi connectivity index (χ0) is 10.4. The summed E-state index contributed by atoms with van der Waals surface area (Å²) < 4.78 is 13.8. The molecule has 2 heterocycles. The topological polar surface area (TPSA) is 15.3 Å². The van der Waals surface area contributed by atoms with E-state index in [4.69, 9.17) is 0 Å². The Morgan fingerprint density at radius 1 is 1.40 bits per heavy atom. The Kier molecular flexibility index (Phi) is 1.96. The average Bonchev–Trinajstić information content (AvgIpc) is 2.58. The standard InChI is InChI=1S/C12H15FN2/c1-8-6-14-7-10-5-9-3-2-4-11(13)12(9)15(8)10/h2-4,8,10,14H,5-7H2,1H3. The van der Waals surface area contributed by atoms with E-state index in [2.05, 4.69) is 17.1 Å². The summed E-state index contributed by atoms with van der Waals surface area (Å²) in [4.78, 5) is 2.25. The number of hydrogen-bond acceptors (Lipinski definition) is 2. The molecule has 0 radical (unpaired) electrons. The molecule has 0 aliphatic carbocycles. The second-order valence-corrected chi connectivity index (χ2v) is 4.52. The van der Waals surface area contributed by atoms with Crippen LogP contribution in [0.15, 0.2) is 18.2 Å². The quantitative estimate of drug-likeness (QED) is 0.693. The van der Waals surface area contributed by atoms with Gasteiger partial charge in [0, 0.05) is 25.2 Å². The molecule has 2 aliphatic rings. The Morgan fingerprint density at radius 2 is 2.27 bits per heavy atom. The number of para-hydroxylation sites is 1. The van der Waals surface area contributed by atoms with Crippen LogP contribution in [0, 0.1) is 5.82 Å². The summed E-state index contributed by atoms with van der Waals surface area (Å²) >= 11 is 0. The SMILES string of the molecule is CC1CNCC2Cc3cccc(F)c3N12. The zero-order valence-electron chi connectivity index (χ0n) is 8.83. The van der Waals surface area contributed by atoms with Gasteiger partial charge in [-0.1, -0.05) is 12.1 Å². The fourth-order valence-electron chi connectivity index (χ4n) is 2.86. The molecule has 0 spiro atoms. The smallest absolute Gasteiger partial charge is 0.146 e. The molecule has 1 N–H and O–H groups in total. The Labute approximate surface area is 89.1 Å². The first kappa shape index (κ1) is 9.16. The highest BCUT2D eigenvalue weighted by atomic mass is 19.1. The van der Waals surface area contributed by atoms with E-state index in [1.54, 1.807) is 6.07 Å². The lowest BCUT2D eigenvalue weighted by Gasteiger charge is -2.38. The van der Waals surface area contributed by atoms with Crippen molar-refractivity contribution in [1.29, 1.82) is 0 Å². The van der Waals surface area contributed by atoms with E-state index >= 15 is 0 Å². The van der Waals surface area contributed by atoms with Crippen molar-refractivity contribution in [2.45, 2.75) is 25.4 Å². The van der Waals surface area contributed by atoms with Crippen molar-refractivity contribution in [3.8, 4) is 0 Å². The molecule has 3 rings (SSSR count). The van der Waals surface area contributed by atoms with Gasteiger partial charge in [0.2, 0.25) is 0 Å². The third kappa shape index (κ3) is 1.26. The monoisotopic (exact) mass is 206 g/mol. The van der Waals surface area contributed by atoms with Gasteiger partial charge in [0.15, 0.2) is 0 Å². The van der Waals surface area contributed by atoms with Crippen LogP contribution in [0.25, 0.3) is 0 Å². The molecule has 0 bridgehead atoms. The molecule has 15 heavy (non-hydrogen) atoms. The molecule has 2 aliphatic heterocycles. The van der Waals surface area contributed by atoms with Crippen LogP contribution < -0.4 is 10.2 Å². The number of anilines is 1. The van der Waals surface area contributed by atoms with E-state index in [1.807, 2.05) is 12.1 Å². The minimum absolute atomic E-state index is 0.0660. The van der Waals surface area contributed by atoms with Crippen LogP contribution in [0.1, 0.15) is 12.5 Å². The summed E-state index contributed by atoms with van der Waals surface area (Å²) in [6.45, 7) is 4.07. The molecule has 2 atom stereocenters. The highest BCUT2D eigenvalue weighted by Crippen LogP contribution is 2.36. The highest BCUT2D eigenvalue weighted by molar-refractivity contribution is 5.61. The number of benzene rings is 1. The van der Waals surface area contributed by atoms with Gasteiger partial charge in [-0.2, -0.15) is 0 Å². The molecule has 2 unspecified atom stereocenters. The molecule has 1 fully saturated rings. The maximum Gasteiger partial charge on any atom is 0.146 e. The molecule has 0 saturated carbocycles. The Morgan fingerprint density at radius 3 is 3.13 bits per heavy atom. The van der Waals surface area contributed by atoms with E-state index in [0.29, 0.717) is 12.1 Å². The summed E-state index contributed by atoms with van der Waals surface area (Å²) in [5, 5.41) is 3.40. The third-order valence-electron chi connectivity index (χ3n) is 3.47. The predicted octanol–water partition coefficient (Wildman–Crippen LogP) is 1.55. The minimum atomic E-state index is -0.0660. The van der Waals surface area contributed by atoms with Crippen molar-refractivity contribution in [3.63, 3.8) is 0 Å². The van der Waals surface area contributed by atoms with E-state index in [-0.39, 0.29) is 5.82 Å². The molecular formula is C12H15FN2. The van der Waals surface area contributed by atoms with Crippen molar-refractivity contribution < 1.29 is 4.39 Å². The maximum absolute atomic E-state index is 13.8. The number of piperazine rings is 1. The van der Waals surface area contributed by atoms with Gasteiger partial charge in [0.25, 0.3) is 0 Å². The number of halogens is 1. The van der Waals surface area contributed by atoms with Crippen LogP contribution in [0.4, 0.5) is 10.1 Å². The van der Waals surface area contributed by atoms with E-state index in [0.717, 1.165) is 30.8 Å². The lowest BCUT2D eigenvalue weighted by Crippen LogP contribution is -2.55. The number of nitrogens with one attached hydrogen (secondary N) is 1. The largest absolute Gasteiger partial charge is 0.360 e. The first-order chi connectivity index (χ1) is 7.27. The summed E-state index contributed by atoms with van der Waals surface area (Å²) in [5.41, 5.74) is 2.01. The van der Waals surface area contributed by atoms with E-state index < -0.39 is 0 Å². The first-order valence-electron chi connectivity index (χ1n) is 5.54. The fraction of sp³-hybridized carbons (Fsp3) is 0.500. The zero-order valence-corrected chi connectivity index (χ0v) is 8.83. The summed E-state index contributed by atoms with van der Waals surface area (Å²) in [5.74, 6) is -0.0660. The first-order valence-corrected chi connectivity index (χ1v) is 5.54. The number of fused-ring (bicyclic) bond motifs is 3. The Hall–Kier alpha value is -1.09. The molecule has 80 valence electrons. The van der Waals surface area contributed by atoms with Crippen molar-refractivity contribution in [1.82, 2.24) is 5.32 Å². The minimum Gasteiger partial charge on any atom is -0.360 e. The summed E-state index contributed by atoms with van der Waals surface area (Å²) in [6.07, 6.45) is 0.977. The summed E-state index contributed by atoms with van der Waals surface area (Å²) in [6, 6.07) is 6.26. The lowest BCUT2D eigenvalue weighted by molar-refractivity contribution is 0.426. The van der Waals surface area contributed by atoms with Crippen molar-refractivity contribution in [2.75, 3.05) is 18.0 Å². The van der Waals surface area contributed by atoms with Gasteiger partial charge >= 0.3 is 0 Å². The predicted molar refractivity (Wildman–Crippen MR) is 58.7 cm³/mol. The number of rotatable bonds is 0. The average molecular weight is 206 g/mol. The van der Waals surface area contributed by atoms with E-state index in [1.165, 1.54) is 0 Å². The molecule has 0 aromatic heterocycles. The molecule has 3 heteroatoms. The van der Waals surface area contributed by atoms with Crippen LogP contribution in [0.5, 0.6) is 0 Å². The lowest BCUT2D eigenvalue weighted by atomic mass is 10.1. The number of hydrogen-bond donors (Lipinski definition) is 1. The number of nitrogens with zero attached hydrogens (tertiary/aromatic N) is 1. The molecule has 0 amide bonds. The second kappa shape index (κ2) is 3.20. The van der Waals surface area contributed by atoms with E-state index in [9.17, 15) is 4.39 Å². The fourth-order valence-corrected chi connectivity index (χ4v) is 2.86. The van der Waals surface area contributed by atoms with Crippen LogP contribution in [0.2, 0.25) is 0 Å². The van der Waals surface area contributed by atoms with Crippen molar-refractivity contribution >= 4 is 5.69 Å². The molecule has 1 aromatic carbocycles. The van der Waals surface area contributed by atoms with Gasteiger partial charge in [-0.05, 0) is 25.0 Å². The maximum atomic E-state index is 13.8. The van der Waals surface area contributed by atoms with Gasteiger partial charge in [-0.3, -0.25) is 0 Å². The second-order valence-electron chi connectivity index (χ2n) is 4.52. The van der Waals surface area contributed by atoms with Crippen LogP contribution >= 0.6 is 0 Å². The molecular weight excluding hydrogens is 191 g/mol.